The number of hydrogen-bond donors (Lipinski definition) is 0. The molecule has 0 N–H and O–H groups in total. The van der Waals surface area contributed by atoms with Crippen molar-refractivity contribution in [2.75, 3.05) is 0 Å². The highest BCUT2D eigenvalue weighted by Gasteiger charge is 2.27. The third-order valence-corrected chi connectivity index (χ3v) is 6.20. The first-order chi connectivity index (χ1) is 13.7. The topological polar surface area (TPSA) is 39.2 Å². The predicted molar refractivity (Wildman–Crippen MR) is 117 cm³/mol. The molecule has 0 spiro atoms. The van der Waals surface area contributed by atoms with Crippen molar-refractivity contribution in [3.05, 3.63) is 24.0 Å². The molecule has 0 aromatic carbocycles. The Balaban J connectivity index is 1.60. The van der Waals surface area contributed by atoms with Crippen LogP contribution in [0.4, 0.5) is 0 Å². The lowest BCUT2D eigenvalue weighted by Gasteiger charge is -2.27. The summed E-state index contributed by atoms with van der Waals surface area (Å²) in [5.74, 6) is 1.43. The number of ether oxygens (including phenoxy) is 1. The number of carbonyl (C=O) groups is 1. The fourth-order valence-electron chi connectivity index (χ4n) is 4.25. The van der Waals surface area contributed by atoms with E-state index in [1.807, 2.05) is 12.1 Å². The minimum absolute atomic E-state index is 0.0579. The average Bonchev–Trinajstić information content (AvgIpc) is 2.73. The number of aryl methyl sites for hydroxylation is 1. The zero-order valence-electron chi connectivity index (χ0n) is 18.3. The third-order valence-electron chi connectivity index (χ3n) is 6.20. The summed E-state index contributed by atoms with van der Waals surface area (Å²) < 4.78 is 5.59. The second-order valence-corrected chi connectivity index (χ2v) is 8.64. The van der Waals surface area contributed by atoms with Crippen LogP contribution in [0.1, 0.15) is 109 Å². The molecule has 1 heterocycles. The number of nitrogens with zero attached hydrogens (tertiary/aromatic N) is 1. The van der Waals surface area contributed by atoms with Gasteiger partial charge in [-0.2, -0.15) is 0 Å². The van der Waals surface area contributed by atoms with Gasteiger partial charge in [-0.15, -0.1) is 0 Å². The Hall–Kier alpha value is -1.38. The van der Waals surface area contributed by atoms with Gasteiger partial charge in [0.2, 0.25) is 0 Å². The van der Waals surface area contributed by atoms with Gasteiger partial charge in [0, 0.05) is 5.69 Å². The Morgan fingerprint density at radius 1 is 0.929 bits per heavy atom. The molecule has 0 amide bonds. The fraction of sp³-hybridized carbons (Fsp3) is 0.760. The Kier molecular flexibility index (Phi) is 11.2. The average molecular weight is 388 g/mol. The summed E-state index contributed by atoms with van der Waals surface area (Å²) in [6.07, 6.45) is 20.4. The van der Waals surface area contributed by atoms with Crippen molar-refractivity contribution < 1.29 is 9.53 Å². The first-order valence-corrected chi connectivity index (χ1v) is 11.9. The van der Waals surface area contributed by atoms with Crippen molar-refractivity contribution >= 4 is 5.97 Å². The molecule has 1 aliphatic rings. The SMILES string of the molecule is CCCCCCCCCC1CCC(C(=O)Oc2ccc(CCCC)nc2)CC1. The van der Waals surface area contributed by atoms with Crippen LogP contribution in [0.5, 0.6) is 5.75 Å². The summed E-state index contributed by atoms with van der Waals surface area (Å²) in [7, 11) is 0. The molecule has 3 heteroatoms. The number of esters is 1. The van der Waals surface area contributed by atoms with E-state index in [2.05, 4.69) is 18.8 Å². The van der Waals surface area contributed by atoms with Crippen molar-refractivity contribution in [1.29, 1.82) is 0 Å². The maximum Gasteiger partial charge on any atom is 0.314 e. The van der Waals surface area contributed by atoms with Gasteiger partial charge in [-0.1, -0.05) is 71.6 Å². The van der Waals surface area contributed by atoms with Gasteiger partial charge in [-0.25, -0.2) is 0 Å². The summed E-state index contributed by atoms with van der Waals surface area (Å²) in [6.45, 7) is 4.45. The highest BCUT2D eigenvalue weighted by Crippen LogP contribution is 2.33. The third kappa shape index (κ3) is 8.75. The van der Waals surface area contributed by atoms with Crippen molar-refractivity contribution in [3.63, 3.8) is 0 Å². The van der Waals surface area contributed by atoms with Crippen LogP contribution in [0.15, 0.2) is 18.3 Å². The van der Waals surface area contributed by atoms with Crippen LogP contribution in [0.2, 0.25) is 0 Å². The molecule has 0 bridgehead atoms. The van der Waals surface area contributed by atoms with Crippen LogP contribution in [-0.4, -0.2) is 11.0 Å². The molecule has 28 heavy (non-hydrogen) atoms. The molecule has 3 nitrogen and oxygen atoms in total. The Morgan fingerprint density at radius 2 is 1.61 bits per heavy atom. The lowest BCUT2D eigenvalue weighted by molar-refractivity contribution is -0.140. The van der Waals surface area contributed by atoms with Crippen LogP contribution in [0.25, 0.3) is 0 Å². The number of pyridine rings is 1. The molecule has 1 aromatic heterocycles. The van der Waals surface area contributed by atoms with E-state index in [4.69, 9.17) is 4.74 Å². The minimum Gasteiger partial charge on any atom is -0.425 e. The molecule has 0 atom stereocenters. The largest absolute Gasteiger partial charge is 0.425 e. The number of hydrogen-bond acceptors (Lipinski definition) is 3. The molecule has 1 aliphatic carbocycles. The lowest BCUT2D eigenvalue weighted by atomic mass is 9.80. The minimum atomic E-state index is -0.0579. The van der Waals surface area contributed by atoms with Gasteiger partial charge in [0.15, 0.2) is 0 Å². The summed E-state index contributed by atoms with van der Waals surface area (Å²) in [4.78, 5) is 16.9. The maximum absolute atomic E-state index is 12.5. The standard InChI is InChI=1S/C25H41NO2/c1-3-5-7-8-9-10-11-12-21-14-16-22(17-15-21)25(27)28-24-19-18-23(26-20-24)13-6-4-2/h18-22H,3-17H2,1-2H3. The van der Waals surface area contributed by atoms with E-state index in [1.165, 1.54) is 70.6 Å². The molecule has 0 aliphatic heterocycles. The molecular weight excluding hydrogens is 346 g/mol. The van der Waals surface area contributed by atoms with Gasteiger partial charge in [0.05, 0.1) is 12.1 Å². The summed E-state index contributed by atoms with van der Waals surface area (Å²) >= 11 is 0. The first kappa shape index (κ1) is 22.9. The van der Waals surface area contributed by atoms with Crippen LogP contribution < -0.4 is 4.74 Å². The van der Waals surface area contributed by atoms with Crippen LogP contribution in [0, 0.1) is 11.8 Å². The molecule has 0 radical (unpaired) electrons. The molecule has 1 aromatic rings. The van der Waals surface area contributed by atoms with Crippen LogP contribution >= 0.6 is 0 Å². The number of carbonyl (C=O) groups excluding carboxylic acids is 1. The van der Waals surface area contributed by atoms with E-state index in [9.17, 15) is 4.79 Å². The molecule has 158 valence electrons. The molecule has 0 unspecified atom stereocenters. The number of rotatable bonds is 13. The molecule has 1 fully saturated rings. The monoisotopic (exact) mass is 387 g/mol. The highest BCUT2D eigenvalue weighted by molar-refractivity contribution is 5.75. The van der Waals surface area contributed by atoms with Crippen molar-refractivity contribution in [2.24, 2.45) is 11.8 Å². The van der Waals surface area contributed by atoms with E-state index in [0.717, 1.165) is 37.3 Å². The van der Waals surface area contributed by atoms with E-state index in [-0.39, 0.29) is 11.9 Å². The summed E-state index contributed by atoms with van der Waals surface area (Å²) in [6, 6.07) is 3.87. The van der Waals surface area contributed by atoms with Gasteiger partial charge in [-0.3, -0.25) is 9.78 Å². The summed E-state index contributed by atoms with van der Waals surface area (Å²) in [5.41, 5.74) is 1.08. The van der Waals surface area contributed by atoms with Crippen LogP contribution in [-0.2, 0) is 11.2 Å². The van der Waals surface area contributed by atoms with Gasteiger partial charge in [0.25, 0.3) is 0 Å². The second kappa shape index (κ2) is 13.7. The Bertz CT molecular complexity index is 532. The first-order valence-electron chi connectivity index (χ1n) is 11.9. The number of unbranched alkanes of at least 4 members (excludes halogenated alkanes) is 7. The van der Waals surface area contributed by atoms with Gasteiger partial charge < -0.3 is 4.74 Å². The van der Waals surface area contributed by atoms with Gasteiger partial charge in [-0.05, 0) is 56.6 Å². The van der Waals surface area contributed by atoms with Crippen LogP contribution in [0.3, 0.4) is 0 Å². The van der Waals surface area contributed by atoms with E-state index >= 15 is 0 Å². The zero-order valence-corrected chi connectivity index (χ0v) is 18.3. The van der Waals surface area contributed by atoms with Gasteiger partial charge >= 0.3 is 5.97 Å². The molecule has 1 saturated carbocycles. The van der Waals surface area contributed by atoms with Crippen molar-refractivity contribution in [3.8, 4) is 5.75 Å². The normalized spacial score (nSPS) is 19.5. The Morgan fingerprint density at radius 3 is 2.25 bits per heavy atom. The zero-order chi connectivity index (χ0) is 20.0. The van der Waals surface area contributed by atoms with E-state index < -0.39 is 0 Å². The van der Waals surface area contributed by atoms with Gasteiger partial charge in [0.1, 0.15) is 5.75 Å². The fourth-order valence-corrected chi connectivity index (χ4v) is 4.25. The number of aromatic nitrogens is 1. The second-order valence-electron chi connectivity index (χ2n) is 8.64. The highest BCUT2D eigenvalue weighted by atomic mass is 16.5. The lowest BCUT2D eigenvalue weighted by Crippen LogP contribution is -2.25. The molecule has 2 rings (SSSR count). The molecular formula is C25H41NO2. The maximum atomic E-state index is 12.5. The van der Waals surface area contributed by atoms with E-state index in [1.54, 1.807) is 6.20 Å². The smallest absolute Gasteiger partial charge is 0.314 e. The molecule has 0 saturated heterocycles. The quantitative estimate of drug-likeness (QED) is 0.264. The van der Waals surface area contributed by atoms with Crippen molar-refractivity contribution in [2.45, 2.75) is 110 Å². The predicted octanol–water partition coefficient (Wildman–Crippen LogP) is 7.28. The Labute approximate surface area is 172 Å². The summed E-state index contributed by atoms with van der Waals surface area (Å²) in [5, 5.41) is 0. The van der Waals surface area contributed by atoms with E-state index in [0.29, 0.717) is 5.75 Å². The van der Waals surface area contributed by atoms with Crippen molar-refractivity contribution in [1.82, 2.24) is 4.98 Å².